The van der Waals surface area contributed by atoms with Crippen molar-refractivity contribution in [1.29, 1.82) is 0 Å². The van der Waals surface area contributed by atoms with E-state index in [0.29, 0.717) is 0 Å². The Morgan fingerprint density at radius 2 is 1.84 bits per heavy atom. The molecule has 0 saturated heterocycles. The van der Waals surface area contributed by atoms with E-state index in [1.807, 2.05) is 0 Å². The number of halogens is 3. The van der Waals surface area contributed by atoms with E-state index in [1.165, 1.54) is 0 Å². The molecule has 0 aliphatic heterocycles. The van der Waals surface area contributed by atoms with Gasteiger partial charge in [-0.05, 0) is 24.3 Å². The lowest BCUT2D eigenvalue weighted by atomic mass is 10.2. The maximum absolute atomic E-state index is 12.3. The molecule has 1 aromatic rings. The molecule has 0 saturated carbocycles. The first-order chi connectivity index (χ1) is 8.82. The Morgan fingerprint density at radius 1 is 1.26 bits per heavy atom. The molecule has 0 aliphatic carbocycles. The Labute approximate surface area is 107 Å². The van der Waals surface area contributed by atoms with E-state index in [0.717, 1.165) is 24.3 Å². The second-order valence-corrected chi connectivity index (χ2v) is 3.75. The number of aliphatic hydroxyl groups is 2. The summed E-state index contributed by atoms with van der Waals surface area (Å²) < 4.78 is 36.8. The van der Waals surface area contributed by atoms with Crippen LogP contribution in [0.15, 0.2) is 24.3 Å². The molecule has 0 unspecified atom stereocenters. The van der Waals surface area contributed by atoms with Gasteiger partial charge < -0.3 is 20.8 Å². The average Bonchev–Trinajstić information content (AvgIpc) is 2.35. The molecule has 0 fully saturated rings. The fourth-order valence-electron chi connectivity index (χ4n) is 1.19. The normalized spacial score (nSPS) is 12.9. The third-order valence-electron chi connectivity index (χ3n) is 2.18. The third-order valence-corrected chi connectivity index (χ3v) is 2.18. The van der Waals surface area contributed by atoms with Crippen molar-refractivity contribution in [2.75, 3.05) is 18.5 Å². The lowest BCUT2D eigenvalue weighted by Gasteiger charge is -2.11. The molecular formula is C11H13F3N2O3. The van der Waals surface area contributed by atoms with Gasteiger partial charge in [-0.15, -0.1) is 0 Å². The molecule has 0 bridgehead atoms. The molecule has 1 aromatic carbocycles. The molecule has 2 amide bonds. The minimum atomic E-state index is -4.42. The summed E-state index contributed by atoms with van der Waals surface area (Å²) in [5.41, 5.74) is -0.627. The molecule has 0 heterocycles. The van der Waals surface area contributed by atoms with Gasteiger partial charge in [0, 0.05) is 12.2 Å². The summed E-state index contributed by atoms with van der Waals surface area (Å²) in [7, 11) is 0. The summed E-state index contributed by atoms with van der Waals surface area (Å²) in [5, 5.41) is 22.0. The van der Waals surface area contributed by atoms with Crippen LogP contribution in [0, 0.1) is 0 Å². The van der Waals surface area contributed by atoms with Gasteiger partial charge >= 0.3 is 12.2 Å². The predicted octanol–water partition coefficient (Wildman–Crippen LogP) is 1.18. The van der Waals surface area contributed by atoms with Gasteiger partial charge in [0.25, 0.3) is 0 Å². The van der Waals surface area contributed by atoms with Crippen LogP contribution in [0.4, 0.5) is 23.7 Å². The minimum absolute atomic E-state index is 0.164. The van der Waals surface area contributed by atoms with Crippen LogP contribution in [-0.4, -0.2) is 35.5 Å². The quantitative estimate of drug-likeness (QED) is 0.667. The van der Waals surface area contributed by atoms with E-state index in [2.05, 4.69) is 10.6 Å². The highest BCUT2D eigenvalue weighted by molar-refractivity contribution is 5.89. The summed E-state index contributed by atoms with van der Waals surface area (Å²) >= 11 is 0. The largest absolute Gasteiger partial charge is 0.416 e. The molecule has 0 spiro atoms. The molecule has 0 radical (unpaired) electrons. The Kier molecular flexibility index (Phi) is 5.13. The number of nitrogens with one attached hydrogen (secondary N) is 2. The molecule has 1 rings (SSSR count). The van der Waals surface area contributed by atoms with Crippen LogP contribution in [-0.2, 0) is 6.18 Å². The number of rotatable bonds is 4. The fourth-order valence-corrected chi connectivity index (χ4v) is 1.19. The second-order valence-electron chi connectivity index (χ2n) is 3.75. The van der Waals surface area contributed by atoms with Gasteiger partial charge in [-0.2, -0.15) is 13.2 Å². The average molecular weight is 278 g/mol. The zero-order valence-corrected chi connectivity index (χ0v) is 9.74. The zero-order valence-electron chi connectivity index (χ0n) is 9.74. The topological polar surface area (TPSA) is 81.6 Å². The highest BCUT2D eigenvalue weighted by Gasteiger charge is 2.29. The highest BCUT2D eigenvalue weighted by Crippen LogP contribution is 2.29. The molecule has 1 atom stereocenters. The van der Waals surface area contributed by atoms with Crippen LogP contribution >= 0.6 is 0 Å². The summed E-state index contributed by atoms with van der Waals surface area (Å²) in [6.07, 6.45) is -5.51. The monoisotopic (exact) mass is 278 g/mol. The first kappa shape index (κ1) is 15.3. The molecule has 8 heteroatoms. The molecule has 19 heavy (non-hydrogen) atoms. The van der Waals surface area contributed by atoms with Crippen molar-refractivity contribution < 1.29 is 28.2 Å². The number of anilines is 1. The maximum Gasteiger partial charge on any atom is 0.416 e. The number of carbonyl (C=O) groups is 1. The summed E-state index contributed by atoms with van der Waals surface area (Å²) in [4.78, 5) is 11.3. The summed E-state index contributed by atoms with van der Waals surface area (Å²) in [5.74, 6) is 0. The first-order valence-corrected chi connectivity index (χ1v) is 5.34. The van der Waals surface area contributed by atoms with Crippen molar-refractivity contribution in [2.45, 2.75) is 12.3 Å². The minimum Gasteiger partial charge on any atom is -0.394 e. The molecular weight excluding hydrogens is 265 g/mol. The number of hydrogen-bond donors (Lipinski definition) is 4. The highest BCUT2D eigenvalue weighted by atomic mass is 19.4. The number of carbonyl (C=O) groups excluding carboxylic acids is 1. The lowest BCUT2D eigenvalue weighted by molar-refractivity contribution is -0.137. The van der Waals surface area contributed by atoms with Gasteiger partial charge in [0.15, 0.2) is 0 Å². The van der Waals surface area contributed by atoms with E-state index in [1.54, 1.807) is 0 Å². The van der Waals surface area contributed by atoms with Crippen molar-refractivity contribution in [3.63, 3.8) is 0 Å². The fraction of sp³-hybridized carbons (Fsp3) is 0.364. The number of aliphatic hydroxyl groups excluding tert-OH is 2. The van der Waals surface area contributed by atoms with Crippen LogP contribution in [0.3, 0.4) is 0 Å². The molecule has 0 aliphatic rings. The van der Waals surface area contributed by atoms with Crippen molar-refractivity contribution >= 4 is 11.7 Å². The van der Waals surface area contributed by atoms with Crippen molar-refractivity contribution in [3.05, 3.63) is 29.8 Å². The Morgan fingerprint density at radius 3 is 2.32 bits per heavy atom. The number of hydrogen-bond acceptors (Lipinski definition) is 3. The molecule has 4 N–H and O–H groups in total. The van der Waals surface area contributed by atoms with Crippen molar-refractivity contribution in [3.8, 4) is 0 Å². The lowest BCUT2D eigenvalue weighted by Crippen LogP contribution is -2.36. The smallest absolute Gasteiger partial charge is 0.394 e. The number of amides is 2. The number of benzene rings is 1. The van der Waals surface area contributed by atoms with E-state index in [9.17, 15) is 18.0 Å². The third kappa shape index (κ3) is 5.14. The van der Waals surface area contributed by atoms with Crippen LogP contribution in [0.25, 0.3) is 0 Å². The van der Waals surface area contributed by atoms with Crippen molar-refractivity contribution in [2.24, 2.45) is 0 Å². The predicted molar refractivity (Wildman–Crippen MR) is 61.6 cm³/mol. The van der Waals surface area contributed by atoms with Crippen LogP contribution in [0.2, 0.25) is 0 Å². The Hall–Kier alpha value is -1.80. The zero-order chi connectivity index (χ0) is 14.5. The van der Waals surface area contributed by atoms with E-state index >= 15 is 0 Å². The second kappa shape index (κ2) is 6.39. The van der Waals surface area contributed by atoms with E-state index in [-0.39, 0.29) is 12.2 Å². The number of alkyl halides is 3. The Bertz CT molecular complexity index is 420. The van der Waals surface area contributed by atoms with Gasteiger partial charge in [-0.25, -0.2) is 4.79 Å². The molecule has 106 valence electrons. The summed E-state index contributed by atoms with van der Waals surface area (Å²) in [6, 6.07) is 3.24. The van der Waals surface area contributed by atoms with Gasteiger partial charge in [-0.1, -0.05) is 0 Å². The van der Waals surface area contributed by atoms with Crippen LogP contribution in [0.5, 0.6) is 0 Å². The SMILES string of the molecule is O=C(NC[C@H](O)CO)Nc1ccc(C(F)(F)F)cc1. The number of urea groups is 1. The van der Waals surface area contributed by atoms with Crippen molar-refractivity contribution in [1.82, 2.24) is 5.32 Å². The molecule has 0 aromatic heterocycles. The van der Waals surface area contributed by atoms with E-state index < -0.39 is 30.5 Å². The first-order valence-electron chi connectivity index (χ1n) is 5.34. The maximum atomic E-state index is 12.3. The van der Waals surface area contributed by atoms with Gasteiger partial charge in [-0.3, -0.25) is 0 Å². The van der Waals surface area contributed by atoms with Gasteiger partial charge in [0.2, 0.25) is 0 Å². The standard InChI is InChI=1S/C11H13F3N2O3/c12-11(13,14)7-1-3-8(4-2-7)16-10(19)15-5-9(18)6-17/h1-4,9,17-18H,5-6H2,(H2,15,16,19)/t9-/m0/s1. The van der Waals surface area contributed by atoms with Gasteiger partial charge in [0.05, 0.1) is 18.3 Å². The van der Waals surface area contributed by atoms with Crippen LogP contribution < -0.4 is 10.6 Å². The van der Waals surface area contributed by atoms with Crippen LogP contribution in [0.1, 0.15) is 5.56 Å². The Balaban J connectivity index is 2.51. The molecule has 5 nitrogen and oxygen atoms in total. The van der Waals surface area contributed by atoms with E-state index in [4.69, 9.17) is 10.2 Å². The summed E-state index contributed by atoms with van der Waals surface area (Å²) in [6.45, 7) is -0.663. The van der Waals surface area contributed by atoms with Gasteiger partial charge in [0.1, 0.15) is 0 Å².